The van der Waals surface area contributed by atoms with Crippen molar-refractivity contribution in [3.8, 4) is 40.1 Å². The van der Waals surface area contributed by atoms with E-state index >= 15 is 0 Å². The summed E-state index contributed by atoms with van der Waals surface area (Å²) in [6.45, 7) is -1.68. The van der Waals surface area contributed by atoms with Gasteiger partial charge in [0.15, 0.2) is 29.7 Å². The van der Waals surface area contributed by atoms with Crippen LogP contribution in [-0.2, 0) is 14.2 Å². The monoisotopic (exact) mass is 626 g/mol. The lowest BCUT2D eigenvalue weighted by Gasteiger charge is -2.45. The highest BCUT2D eigenvalue weighted by molar-refractivity contribution is 5.88. The van der Waals surface area contributed by atoms with Crippen molar-refractivity contribution in [3.63, 3.8) is 0 Å². The van der Waals surface area contributed by atoms with Crippen LogP contribution in [0.5, 0.6) is 28.7 Å². The molecule has 0 amide bonds. The zero-order valence-electron chi connectivity index (χ0n) is 22.4. The van der Waals surface area contributed by atoms with Crippen molar-refractivity contribution in [1.82, 2.24) is 0 Å². The van der Waals surface area contributed by atoms with Crippen LogP contribution in [0.15, 0.2) is 39.5 Å². The zero-order chi connectivity index (χ0) is 32.0. The topological polar surface area (TPSA) is 290 Å². The first kappa shape index (κ1) is 31.7. The molecule has 3 aromatic rings. The van der Waals surface area contributed by atoms with Gasteiger partial charge >= 0.3 is 0 Å². The van der Waals surface area contributed by atoms with Gasteiger partial charge in [0.1, 0.15) is 65.2 Å². The minimum absolute atomic E-state index is 0.0707. The van der Waals surface area contributed by atoms with E-state index in [1.54, 1.807) is 0 Å². The van der Waals surface area contributed by atoms with Gasteiger partial charge in [0, 0.05) is 17.7 Å². The molecular formula is C27H30O17. The summed E-state index contributed by atoms with van der Waals surface area (Å²) >= 11 is 0. The number of aromatic hydroxyl groups is 4. The van der Waals surface area contributed by atoms with Crippen LogP contribution in [0.1, 0.15) is 0 Å². The van der Waals surface area contributed by atoms with E-state index in [1.807, 2.05) is 0 Å². The number of benzene rings is 2. The van der Waals surface area contributed by atoms with Crippen molar-refractivity contribution < 1.29 is 79.5 Å². The molecule has 44 heavy (non-hydrogen) atoms. The Hall–Kier alpha value is -3.75. The normalized spacial score (nSPS) is 32.5. The van der Waals surface area contributed by atoms with Gasteiger partial charge in [-0.1, -0.05) is 0 Å². The second kappa shape index (κ2) is 12.3. The van der Waals surface area contributed by atoms with Gasteiger partial charge in [-0.05, 0) is 18.2 Å². The van der Waals surface area contributed by atoms with Crippen LogP contribution in [-0.4, -0.2) is 131 Å². The van der Waals surface area contributed by atoms with E-state index in [4.69, 9.17) is 23.4 Å². The van der Waals surface area contributed by atoms with Crippen LogP contribution in [0.4, 0.5) is 0 Å². The van der Waals surface area contributed by atoms with Gasteiger partial charge < -0.3 is 79.5 Å². The van der Waals surface area contributed by atoms with Crippen LogP contribution >= 0.6 is 0 Å². The molecule has 17 nitrogen and oxygen atoms in total. The first-order valence-electron chi connectivity index (χ1n) is 13.2. The fourth-order valence-corrected chi connectivity index (χ4v) is 4.98. The van der Waals surface area contributed by atoms with Crippen LogP contribution in [0.25, 0.3) is 22.3 Å². The Bertz CT molecular complexity index is 1560. The first-order valence-corrected chi connectivity index (χ1v) is 13.2. The highest BCUT2D eigenvalue weighted by Crippen LogP contribution is 2.40. The number of phenols is 4. The van der Waals surface area contributed by atoms with Crippen LogP contribution in [0.3, 0.4) is 0 Å². The summed E-state index contributed by atoms with van der Waals surface area (Å²) in [5, 5.41) is 111. The molecule has 0 radical (unpaired) electrons. The number of aliphatic hydroxyl groups is 7. The number of fused-ring (bicyclic) bond motifs is 1. The molecule has 2 saturated heterocycles. The molecule has 0 aliphatic carbocycles. The van der Waals surface area contributed by atoms with Gasteiger partial charge in [-0.3, -0.25) is 4.79 Å². The number of phenolic OH excluding ortho intramolecular Hbond substituents is 4. The molecule has 1 aromatic heterocycles. The van der Waals surface area contributed by atoms with Crippen molar-refractivity contribution in [1.29, 1.82) is 0 Å². The van der Waals surface area contributed by atoms with E-state index in [1.165, 1.54) is 6.07 Å². The number of aliphatic hydroxyl groups excluding tert-OH is 7. The predicted molar refractivity (Wildman–Crippen MR) is 142 cm³/mol. The average Bonchev–Trinajstić information content (AvgIpc) is 2.98. The van der Waals surface area contributed by atoms with Crippen LogP contribution in [0.2, 0.25) is 0 Å². The molecule has 0 bridgehead atoms. The minimum atomic E-state index is -1.97. The molecule has 0 saturated carbocycles. The van der Waals surface area contributed by atoms with Gasteiger partial charge in [-0.2, -0.15) is 0 Å². The molecule has 10 atom stereocenters. The summed E-state index contributed by atoms with van der Waals surface area (Å²) in [6.07, 6.45) is -18.0. The maximum atomic E-state index is 13.7. The van der Waals surface area contributed by atoms with E-state index < -0.39 is 120 Å². The highest BCUT2D eigenvalue weighted by Gasteiger charge is 2.51. The fraction of sp³-hybridized carbons (Fsp3) is 0.444. The van der Waals surface area contributed by atoms with Crippen molar-refractivity contribution in [2.45, 2.75) is 61.4 Å². The molecule has 11 N–H and O–H groups in total. The molecule has 2 aliphatic heterocycles. The maximum Gasteiger partial charge on any atom is 0.239 e. The molecule has 0 spiro atoms. The quantitative estimate of drug-likeness (QED) is 0.119. The maximum absolute atomic E-state index is 13.7. The third-order valence-corrected chi connectivity index (χ3v) is 7.35. The molecule has 3 heterocycles. The molecule has 2 fully saturated rings. The number of hydrogen-bond acceptors (Lipinski definition) is 17. The summed E-state index contributed by atoms with van der Waals surface area (Å²) < 4.78 is 28.1. The molecule has 5 rings (SSSR count). The SMILES string of the molecule is O=c1c(O[C@@H]2OC(CO)[C@@H](O)[C@@H](O)C2O[C@@H]2OC(CO)[C@@H](O)[C@@H](O)C2O)c(-c2ccc(O)c(O)c2)oc2cc(O)cc(O)c12. The Morgan fingerprint density at radius 1 is 0.705 bits per heavy atom. The Balaban J connectivity index is 1.61. The van der Waals surface area contributed by atoms with E-state index in [-0.39, 0.29) is 11.1 Å². The van der Waals surface area contributed by atoms with E-state index in [9.17, 15) is 61.0 Å². The zero-order valence-corrected chi connectivity index (χ0v) is 22.4. The molecule has 2 aliphatic rings. The molecule has 240 valence electrons. The lowest BCUT2D eigenvalue weighted by Crippen LogP contribution is -2.65. The van der Waals surface area contributed by atoms with Crippen molar-refractivity contribution in [2.24, 2.45) is 0 Å². The summed E-state index contributed by atoms with van der Waals surface area (Å²) in [6, 6.07) is 5.12. The molecule has 4 unspecified atom stereocenters. The summed E-state index contributed by atoms with van der Waals surface area (Å²) in [5.41, 5.74) is -1.47. The van der Waals surface area contributed by atoms with Gasteiger partial charge in [0.2, 0.25) is 17.5 Å². The van der Waals surface area contributed by atoms with Crippen LogP contribution in [0, 0.1) is 0 Å². The Labute approximate surface area is 246 Å². The highest BCUT2D eigenvalue weighted by atomic mass is 16.8. The van der Waals surface area contributed by atoms with E-state index in [0.717, 1.165) is 24.3 Å². The fourth-order valence-electron chi connectivity index (χ4n) is 4.98. The standard InChI is InChI=1S/C27H30O17/c28-6-14-17(34)20(37)22(39)26(41-14)44-25-21(38)18(35)15(7-29)42-27(25)43-24-19(36)16-12(33)4-9(30)5-13(16)40-23(24)8-1-2-10(31)11(32)3-8/h1-5,14-15,17-18,20-22,25-35,37-39H,6-7H2/t14?,15?,17-,18-,20-,21-,22?,25?,26+,27+/m1/s1. The number of hydrogen-bond donors (Lipinski definition) is 11. The predicted octanol–water partition coefficient (Wildman–Crippen LogP) is -2.71. The van der Waals surface area contributed by atoms with Crippen molar-refractivity contribution in [2.75, 3.05) is 13.2 Å². The smallest absolute Gasteiger partial charge is 0.239 e. The summed E-state index contributed by atoms with van der Waals surface area (Å²) in [4.78, 5) is 13.7. The van der Waals surface area contributed by atoms with Gasteiger partial charge in [0.25, 0.3) is 0 Å². The average molecular weight is 627 g/mol. The number of ether oxygens (including phenoxy) is 4. The Morgan fingerprint density at radius 2 is 1.34 bits per heavy atom. The first-order chi connectivity index (χ1) is 20.9. The summed E-state index contributed by atoms with van der Waals surface area (Å²) in [7, 11) is 0. The van der Waals surface area contributed by atoms with Gasteiger partial charge in [-0.15, -0.1) is 0 Å². The Morgan fingerprint density at radius 3 is 1.98 bits per heavy atom. The molecule has 2 aromatic carbocycles. The minimum Gasteiger partial charge on any atom is -0.508 e. The third kappa shape index (κ3) is 5.61. The third-order valence-electron chi connectivity index (χ3n) is 7.35. The number of rotatable bonds is 7. The van der Waals surface area contributed by atoms with Crippen molar-refractivity contribution in [3.05, 3.63) is 40.6 Å². The molecular weight excluding hydrogens is 596 g/mol. The van der Waals surface area contributed by atoms with Crippen molar-refractivity contribution >= 4 is 11.0 Å². The summed E-state index contributed by atoms with van der Waals surface area (Å²) in [5.74, 6) is -3.54. The lowest BCUT2D eigenvalue weighted by atomic mass is 9.97. The Kier molecular flexibility index (Phi) is 8.87. The molecule has 17 heteroatoms. The second-order valence-electron chi connectivity index (χ2n) is 10.3. The largest absolute Gasteiger partial charge is 0.508 e. The van der Waals surface area contributed by atoms with Gasteiger partial charge in [-0.25, -0.2) is 0 Å². The second-order valence-corrected chi connectivity index (χ2v) is 10.3. The van der Waals surface area contributed by atoms with Crippen LogP contribution < -0.4 is 10.2 Å². The lowest BCUT2D eigenvalue weighted by molar-refractivity contribution is -0.358. The van der Waals surface area contributed by atoms with E-state index in [0.29, 0.717) is 0 Å². The van der Waals surface area contributed by atoms with Gasteiger partial charge in [0.05, 0.1) is 13.2 Å². The van der Waals surface area contributed by atoms with E-state index in [2.05, 4.69) is 0 Å².